The van der Waals surface area contributed by atoms with Crippen molar-refractivity contribution in [1.29, 1.82) is 5.26 Å². The van der Waals surface area contributed by atoms with Gasteiger partial charge in [-0.05, 0) is 36.2 Å². The van der Waals surface area contributed by atoms with Crippen LogP contribution in [0.25, 0.3) is 0 Å². The Labute approximate surface area is 153 Å². The van der Waals surface area contributed by atoms with Crippen molar-refractivity contribution in [3.05, 3.63) is 65.5 Å². The SMILES string of the molecule is CCCCCN(Cc1ccc(F)cc1)C(=O)COc1ccccc1C#N. The Kier molecular flexibility index (Phi) is 7.63. The molecule has 4 nitrogen and oxygen atoms in total. The standard InChI is InChI=1S/C21H23FN2O2/c1-2-3-6-13-24(15-17-9-11-19(22)12-10-17)21(25)16-26-20-8-5-4-7-18(20)14-23/h4-5,7-12H,2-3,6,13,15-16H2,1H3. The number of rotatable bonds is 9. The number of unbranched alkanes of at least 4 members (excludes halogenated alkanes) is 2. The minimum absolute atomic E-state index is 0.133. The van der Waals surface area contributed by atoms with Crippen LogP contribution in [0.2, 0.25) is 0 Å². The molecule has 0 heterocycles. The first-order chi connectivity index (χ1) is 12.6. The summed E-state index contributed by atoms with van der Waals surface area (Å²) in [5, 5.41) is 9.10. The highest BCUT2D eigenvalue weighted by Gasteiger charge is 2.15. The Morgan fingerprint density at radius 2 is 1.88 bits per heavy atom. The fourth-order valence-electron chi connectivity index (χ4n) is 2.57. The largest absolute Gasteiger partial charge is 0.482 e. The van der Waals surface area contributed by atoms with E-state index in [0.717, 1.165) is 24.8 Å². The lowest BCUT2D eigenvalue weighted by Crippen LogP contribution is -2.35. The normalized spacial score (nSPS) is 10.2. The molecule has 2 rings (SSSR count). The number of carbonyl (C=O) groups excluding carboxylic acids is 1. The van der Waals surface area contributed by atoms with Crippen molar-refractivity contribution >= 4 is 5.91 Å². The summed E-state index contributed by atoms with van der Waals surface area (Å²) in [5.74, 6) is -0.0501. The van der Waals surface area contributed by atoms with Crippen molar-refractivity contribution in [2.24, 2.45) is 0 Å². The van der Waals surface area contributed by atoms with E-state index in [9.17, 15) is 9.18 Å². The van der Waals surface area contributed by atoms with Gasteiger partial charge in [0, 0.05) is 13.1 Å². The van der Waals surface area contributed by atoms with Gasteiger partial charge in [0.15, 0.2) is 6.61 Å². The summed E-state index contributed by atoms with van der Waals surface area (Å²) in [6, 6.07) is 15.0. The van der Waals surface area contributed by atoms with Gasteiger partial charge in [0.05, 0.1) is 5.56 Å². The van der Waals surface area contributed by atoms with Gasteiger partial charge < -0.3 is 9.64 Å². The molecule has 0 N–H and O–H groups in total. The van der Waals surface area contributed by atoms with Crippen LogP contribution in [-0.2, 0) is 11.3 Å². The van der Waals surface area contributed by atoms with Crippen LogP contribution >= 0.6 is 0 Å². The molecule has 0 fully saturated rings. The van der Waals surface area contributed by atoms with Gasteiger partial charge in [-0.1, -0.05) is 44.0 Å². The van der Waals surface area contributed by atoms with Gasteiger partial charge >= 0.3 is 0 Å². The van der Waals surface area contributed by atoms with E-state index in [0.29, 0.717) is 24.4 Å². The lowest BCUT2D eigenvalue weighted by Gasteiger charge is -2.23. The Hall–Kier alpha value is -2.87. The predicted molar refractivity (Wildman–Crippen MR) is 98.0 cm³/mol. The van der Waals surface area contributed by atoms with E-state index in [1.54, 1.807) is 41.3 Å². The van der Waals surface area contributed by atoms with Crippen LogP contribution < -0.4 is 4.74 Å². The molecule has 136 valence electrons. The maximum absolute atomic E-state index is 13.1. The average Bonchev–Trinajstić information content (AvgIpc) is 2.67. The van der Waals surface area contributed by atoms with Crippen LogP contribution in [0.4, 0.5) is 4.39 Å². The van der Waals surface area contributed by atoms with Crippen LogP contribution in [0.15, 0.2) is 48.5 Å². The zero-order chi connectivity index (χ0) is 18.8. The monoisotopic (exact) mass is 354 g/mol. The van der Waals surface area contributed by atoms with E-state index in [2.05, 4.69) is 13.0 Å². The maximum Gasteiger partial charge on any atom is 0.260 e. The number of nitriles is 1. The number of carbonyl (C=O) groups is 1. The molecule has 0 aromatic heterocycles. The fourth-order valence-corrected chi connectivity index (χ4v) is 2.57. The van der Waals surface area contributed by atoms with Gasteiger partial charge in [0.25, 0.3) is 5.91 Å². The second-order valence-corrected chi connectivity index (χ2v) is 6.05. The van der Waals surface area contributed by atoms with Crippen molar-refractivity contribution in [2.75, 3.05) is 13.2 Å². The molecule has 0 radical (unpaired) electrons. The quantitative estimate of drug-likeness (QED) is 0.631. The number of nitrogens with zero attached hydrogens (tertiary/aromatic N) is 2. The number of ether oxygens (including phenoxy) is 1. The molecule has 0 atom stereocenters. The van der Waals surface area contributed by atoms with E-state index in [1.807, 2.05) is 0 Å². The second-order valence-electron chi connectivity index (χ2n) is 6.05. The van der Waals surface area contributed by atoms with Crippen molar-refractivity contribution in [2.45, 2.75) is 32.7 Å². The van der Waals surface area contributed by atoms with Gasteiger partial charge in [-0.25, -0.2) is 4.39 Å². The summed E-state index contributed by atoms with van der Waals surface area (Å²) >= 11 is 0. The minimum atomic E-state index is -0.297. The van der Waals surface area contributed by atoms with Gasteiger partial charge in [0.1, 0.15) is 17.6 Å². The molecular formula is C21H23FN2O2. The molecule has 1 amide bonds. The van der Waals surface area contributed by atoms with E-state index < -0.39 is 0 Å². The number of halogens is 1. The fraction of sp³-hybridized carbons (Fsp3) is 0.333. The van der Waals surface area contributed by atoms with Gasteiger partial charge in [-0.2, -0.15) is 5.26 Å². The number of para-hydroxylation sites is 1. The third kappa shape index (κ3) is 5.89. The smallest absolute Gasteiger partial charge is 0.260 e. The highest BCUT2D eigenvalue weighted by atomic mass is 19.1. The Balaban J connectivity index is 2.02. The highest BCUT2D eigenvalue weighted by Crippen LogP contribution is 2.17. The molecule has 0 saturated carbocycles. The molecule has 0 aliphatic rings. The predicted octanol–water partition coefficient (Wildman–Crippen LogP) is 4.30. The summed E-state index contributed by atoms with van der Waals surface area (Å²) in [4.78, 5) is 14.3. The summed E-state index contributed by atoms with van der Waals surface area (Å²) in [6.07, 6.45) is 2.99. The molecule has 0 saturated heterocycles. The first-order valence-corrected chi connectivity index (χ1v) is 8.78. The second kappa shape index (κ2) is 10.2. The maximum atomic E-state index is 13.1. The van der Waals surface area contributed by atoms with E-state index >= 15 is 0 Å². The number of benzene rings is 2. The van der Waals surface area contributed by atoms with Gasteiger partial charge in [0.2, 0.25) is 0 Å². The van der Waals surface area contributed by atoms with E-state index in [-0.39, 0.29) is 18.3 Å². The van der Waals surface area contributed by atoms with Crippen LogP contribution in [0.1, 0.15) is 37.3 Å². The van der Waals surface area contributed by atoms with Gasteiger partial charge in [-0.15, -0.1) is 0 Å². The Bertz CT molecular complexity index is 753. The van der Waals surface area contributed by atoms with Crippen LogP contribution in [0.5, 0.6) is 5.75 Å². The molecule has 2 aromatic rings. The van der Waals surface area contributed by atoms with Crippen molar-refractivity contribution in [1.82, 2.24) is 4.90 Å². The number of amides is 1. The van der Waals surface area contributed by atoms with Crippen LogP contribution in [0.3, 0.4) is 0 Å². The first kappa shape index (κ1) is 19.5. The molecule has 26 heavy (non-hydrogen) atoms. The molecular weight excluding hydrogens is 331 g/mol. The molecule has 0 aliphatic carbocycles. The summed E-state index contributed by atoms with van der Waals surface area (Å²) in [5.41, 5.74) is 1.27. The average molecular weight is 354 g/mol. The van der Waals surface area contributed by atoms with Crippen molar-refractivity contribution in [3.63, 3.8) is 0 Å². The molecule has 5 heteroatoms. The van der Waals surface area contributed by atoms with Crippen molar-refractivity contribution in [3.8, 4) is 11.8 Å². The Morgan fingerprint density at radius 1 is 1.15 bits per heavy atom. The van der Waals surface area contributed by atoms with Crippen LogP contribution in [0, 0.1) is 17.1 Å². The lowest BCUT2D eigenvalue weighted by molar-refractivity contribution is -0.134. The Morgan fingerprint density at radius 3 is 2.58 bits per heavy atom. The van der Waals surface area contributed by atoms with Gasteiger partial charge in [-0.3, -0.25) is 4.79 Å². The number of hydrogen-bond acceptors (Lipinski definition) is 3. The highest BCUT2D eigenvalue weighted by molar-refractivity contribution is 5.77. The molecule has 0 bridgehead atoms. The zero-order valence-electron chi connectivity index (χ0n) is 15.0. The summed E-state index contributed by atoms with van der Waals surface area (Å²) < 4.78 is 18.6. The molecule has 0 aliphatic heterocycles. The zero-order valence-corrected chi connectivity index (χ0v) is 15.0. The molecule has 2 aromatic carbocycles. The third-order valence-corrected chi connectivity index (χ3v) is 4.03. The summed E-state index contributed by atoms with van der Waals surface area (Å²) in [6.45, 7) is 3.00. The summed E-state index contributed by atoms with van der Waals surface area (Å²) in [7, 11) is 0. The minimum Gasteiger partial charge on any atom is -0.482 e. The van der Waals surface area contributed by atoms with E-state index in [4.69, 9.17) is 10.00 Å². The molecule has 0 spiro atoms. The lowest BCUT2D eigenvalue weighted by atomic mass is 10.2. The molecule has 0 unspecified atom stereocenters. The van der Waals surface area contributed by atoms with E-state index in [1.165, 1.54) is 12.1 Å². The topological polar surface area (TPSA) is 53.3 Å². The van der Waals surface area contributed by atoms with Crippen LogP contribution in [-0.4, -0.2) is 24.0 Å². The first-order valence-electron chi connectivity index (χ1n) is 8.78. The third-order valence-electron chi connectivity index (χ3n) is 4.03. The van der Waals surface area contributed by atoms with Crippen molar-refractivity contribution < 1.29 is 13.9 Å². The number of hydrogen-bond donors (Lipinski definition) is 0.